The summed E-state index contributed by atoms with van der Waals surface area (Å²) in [6, 6.07) is 21.3. The minimum atomic E-state index is -0.390. The molecule has 0 aliphatic heterocycles. The van der Waals surface area contributed by atoms with Gasteiger partial charge in [0.2, 0.25) is 0 Å². The molecule has 4 aromatic heterocycles. The first kappa shape index (κ1) is 24.1. The van der Waals surface area contributed by atoms with Gasteiger partial charge in [0.25, 0.3) is 5.91 Å². The molecule has 0 saturated heterocycles. The average molecular weight is 512 g/mol. The maximum atomic E-state index is 13.5. The van der Waals surface area contributed by atoms with E-state index in [0.29, 0.717) is 22.6 Å². The molecule has 0 radical (unpaired) electrons. The predicted octanol–water partition coefficient (Wildman–Crippen LogP) is 4.88. The molecular formula is C31H25N7O. The zero-order valence-electron chi connectivity index (χ0n) is 21.8. The lowest BCUT2D eigenvalue weighted by Gasteiger charge is -2.19. The number of benzene rings is 2. The van der Waals surface area contributed by atoms with E-state index >= 15 is 0 Å². The largest absolute Gasteiger partial charge is 0.344 e. The first-order valence-electron chi connectivity index (χ1n) is 12.6. The van der Waals surface area contributed by atoms with Crippen LogP contribution in [0.4, 0.5) is 0 Å². The van der Waals surface area contributed by atoms with E-state index in [1.807, 2.05) is 81.7 Å². The van der Waals surface area contributed by atoms with Crippen molar-refractivity contribution in [3.63, 3.8) is 0 Å². The Balaban J connectivity index is 1.43. The Morgan fingerprint density at radius 3 is 2.62 bits per heavy atom. The smallest absolute Gasteiger partial charge is 0.257 e. The Morgan fingerprint density at radius 1 is 0.974 bits per heavy atom. The summed E-state index contributed by atoms with van der Waals surface area (Å²) in [7, 11) is 1.87. The molecule has 8 heteroatoms. The van der Waals surface area contributed by atoms with Gasteiger partial charge in [-0.05, 0) is 55.7 Å². The molecule has 2 aromatic carbocycles. The summed E-state index contributed by atoms with van der Waals surface area (Å²) < 4.78 is 3.35. The van der Waals surface area contributed by atoms with Crippen LogP contribution in [0.15, 0.2) is 85.3 Å². The van der Waals surface area contributed by atoms with Crippen molar-refractivity contribution >= 4 is 22.5 Å². The van der Waals surface area contributed by atoms with E-state index in [1.165, 1.54) is 0 Å². The molecule has 6 rings (SSSR count). The number of fused-ring (bicyclic) bond motifs is 2. The molecule has 0 aliphatic rings. The minimum absolute atomic E-state index is 0.246. The molecule has 0 fully saturated rings. The monoisotopic (exact) mass is 511 g/mol. The summed E-state index contributed by atoms with van der Waals surface area (Å²) in [6.45, 7) is 3.75. The van der Waals surface area contributed by atoms with E-state index < -0.39 is 6.04 Å². The second-order valence-corrected chi connectivity index (χ2v) is 9.33. The first-order chi connectivity index (χ1) is 19.0. The average Bonchev–Trinajstić information content (AvgIpc) is 3.52. The third-order valence-electron chi connectivity index (χ3n) is 6.57. The number of carbonyl (C=O) groups is 1. The second kappa shape index (κ2) is 9.88. The highest BCUT2D eigenvalue weighted by Gasteiger charge is 2.23. The van der Waals surface area contributed by atoms with Gasteiger partial charge in [0.15, 0.2) is 5.65 Å². The summed E-state index contributed by atoms with van der Waals surface area (Å²) in [6.07, 6.45) is 5.31. The normalized spacial score (nSPS) is 11.8. The molecule has 39 heavy (non-hydrogen) atoms. The van der Waals surface area contributed by atoms with Crippen molar-refractivity contribution < 1.29 is 4.79 Å². The lowest BCUT2D eigenvalue weighted by molar-refractivity contribution is 0.0940. The molecule has 4 heterocycles. The third kappa shape index (κ3) is 4.62. The Hall–Kier alpha value is -5.29. The van der Waals surface area contributed by atoms with Crippen molar-refractivity contribution in [1.82, 2.24) is 34.7 Å². The zero-order chi connectivity index (χ0) is 26.9. The lowest BCUT2D eigenvalue weighted by atomic mass is 9.96. The number of amides is 1. The molecule has 8 nitrogen and oxygen atoms in total. The van der Waals surface area contributed by atoms with Gasteiger partial charge in [0, 0.05) is 42.2 Å². The molecule has 190 valence electrons. The molecule has 0 bridgehead atoms. The second-order valence-electron chi connectivity index (χ2n) is 9.33. The highest BCUT2D eigenvalue weighted by atomic mass is 16.1. The maximum absolute atomic E-state index is 13.5. The predicted molar refractivity (Wildman–Crippen MR) is 150 cm³/mol. The fourth-order valence-electron chi connectivity index (χ4n) is 4.71. The molecule has 6 aromatic rings. The van der Waals surface area contributed by atoms with Crippen LogP contribution in [-0.2, 0) is 7.05 Å². The Labute approximate surface area is 225 Å². The molecule has 0 aliphatic carbocycles. The lowest BCUT2D eigenvalue weighted by Crippen LogP contribution is -2.28. The van der Waals surface area contributed by atoms with Crippen molar-refractivity contribution in [1.29, 1.82) is 0 Å². The van der Waals surface area contributed by atoms with Gasteiger partial charge in [-0.1, -0.05) is 42.3 Å². The first-order valence-corrected chi connectivity index (χ1v) is 12.6. The quantitative estimate of drug-likeness (QED) is 0.341. The molecule has 0 spiro atoms. The van der Waals surface area contributed by atoms with Crippen molar-refractivity contribution in [2.24, 2.45) is 7.05 Å². The molecule has 1 unspecified atom stereocenters. The van der Waals surface area contributed by atoms with Crippen LogP contribution in [0.5, 0.6) is 0 Å². The standard InChI is InChI=1S/C31H25N7O/c1-20-28(30-32-16-8-17-38(30)35-20)31(39)33-21(2)29-26(22-9-5-4-6-10-22)19-25-23(11-7-12-27(25)34-29)13-14-24-15-18-37(3)36-24/h4-12,15-19,21H,1-3H3,(H,33,39). The van der Waals surface area contributed by atoms with Crippen molar-refractivity contribution in [3.05, 3.63) is 114 Å². The summed E-state index contributed by atoms with van der Waals surface area (Å²) in [5, 5.41) is 12.9. The molecule has 1 N–H and O–H groups in total. The van der Waals surface area contributed by atoms with Crippen LogP contribution in [0.25, 0.3) is 27.7 Å². The van der Waals surface area contributed by atoms with E-state index in [2.05, 4.69) is 38.4 Å². The van der Waals surface area contributed by atoms with Gasteiger partial charge in [0.1, 0.15) is 11.3 Å². The number of aromatic nitrogens is 6. The Kier molecular flexibility index (Phi) is 6.10. The minimum Gasteiger partial charge on any atom is -0.344 e. The number of aryl methyl sites for hydroxylation is 2. The fraction of sp³-hybridized carbons (Fsp3) is 0.129. The summed E-state index contributed by atoms with van der Waals surface area (Å²) in [4.78, 5) is 22.9. The van der Waals surface area contributed by atoms with Gasteiger partial charge in [0.05, 0.1) is 22.9 Å². The van der Waals surface area contributed by atoms with Crippen LogP contribution < -0.4 is 5.32 Å². The van der Waals surface area contributed by atoms with E-state index in [9.17, 15) is 4.79 Å². The molecular weight excluding hydrogens is 486 g/mol. The summed E-state index contributed by atoms with van der Waals surface area (Å²) in [5.41, 5.74) is 6.65. The van der Waals surface area contributed by atoms with E-state index in [4.69, 9.17) is 4.98 Å². The van der Waals surface area contributed by atoms with Crippen molar-refractivity contribution in [3.8, 4) is 23.0 Å². The number of carbonyl (C=O) groups excluding carboxylic acids is 1. The van der Waals surface area contributed by atoms with Gasteiger partial charge in [-0.15, -0.1) is 0 Å². The van der Waals surface area contributed by atoms with Crippen LogP contribution in [0.2, 0.25) is 0 Å². The van der Waals surface area contributed by atoms with Gasteiger partial charge in [-0.25, -0.2) is 14.5 Å². The molecule has 0 saturated carbocycles. The molecule has 1 amide bonds. The third-order valence-corrected chi connectivity index (χ3v) is 6.57. The number of rotatable bonds is 4. The number of hydrogen-bond acceptors (Lipinski definition) is 5. The summed E-state index contributed by atoms with van der Waals surface area (Å²) in [5.74, 6) is 6.17. The number of nitrogens with one attached hydrogen (secondary N) is 1. The SMILES string of the molecule is Cc1nn2cccnc2c1C(=O)NC(C)c1nc2cccc(C#Cc3ccn(C)n3)c2cc1-c1ccccc1. The fourth-order valence-corrected chi connectivity index (χ4v) is 4.71. The number of pyridine rings is 1. The maximum Gasteiger partial charge on any atom is 0.257 e. The molecule has 1 atom stereocenters. The topological polar surface area (TPSA) is 90.0 Å². The van der Waals surface area contributed by atoms with E-state index in [1.54, 1.807) is 27.7 Å². The van der Waals surface area contributed by atoms with Crippen LogP contribution in [0.1, 0.15) is 46.0 Å². The van der Waals surface area contributed by atoms with Crippen LogP contribution in [0.3, 0.4) is 0 Å². The number of hydrogen-bond donors (Lipinski definition) is 1. The van der Waals surface area contributed by atoms with Crippen LogP contribution >= 0.6 is 0 Å². The highest BCUT2D eigenvalue weighted by Crippen LogP contribution is 2.32. The Morgan fingerprint density at radius 2 is 1.82 bits per heavy atom. The van der Waals surface area contributed by atoms with Gasteiger partial charge < -0.3 is 5.32 Å². The zero-order valence-corrected chi connectivity index (χ0v) is 21.8. The van der Waals surface area contributed by atoms with Gasteiger partial charge in [-0.3, -0.25) is 9.48 Å². The summed E-state index contributed by atoms with van der Waals surface area (Å²) >= 11 is 0. The highest BCUT2D eigenvalue weighted by molar-refractivity contribution is 6.01. The van der Waals surface area contributed by atoms with E-state index in [-0.39, 0.29) is 5.91 Å². The Bertz CT molecular complexity index is 1910. The van der Waals surface area contributed by atoms with Gasteiger partial charge >= 0.3 is 0 Å². The van der Waals surface area contributed by atoms with Crippen molar-refractivity contribution in [2.75, 3.05) is 0 Å². The van der Waals surface area contributed by atoms with Crippen LogP contribution in [0, 0.1) is 18.8 Å². The number of nitrogens with zero attached hydrogens (tertiary/aromatic N) is 6. The van der Waals surface area contributed by atoms with Gasteiger partial charge in [-0.2, -0.15) is 10.2 Å². The van der Waals surface area contributed by atoms with E-state index in [0.717, 1.165) is 33.3 Å². The van der Waals surface area contributed by atoms with Crippen molar-refractivity contribution in [2.45, 2.75) is 19.9 Å². The van der Waals surface area contributed by atoms with Crippen LogP contribution in [-0.4, -0.2) is 35.3 Å².